The molecule has 1 amide bonds. The highest BCUT2D eigenvalue weighted by molar-refractivity contribution is 7.89. The average molecular weight is 309 g/mol. The quantitative estimate of drug-likeness (QED) is 0.917. The summed E-state index contributed by atoms with van der Waals surface area (Å²) in [6.45, 7) is 3.34. The number of nitrogens with two attached hydrogens (primary N) is 1. The zero-order chi connectivity index (χ0) is 15.8. The molecular formula is C13H15N3O4S. The molecule has 0 saturated heterocycles. The number of amides is 1. The number of hydrogen-bond acceptors (Lipinski definition) is 5. The molecule has 0 bridgehead atoms. The second kappa shape index (κ2) is 5.30. The van der Waals surface area contributed by atoms with Crippen molar-refractivity contribution in [1.29, 1.82) is 0 Å². The molecule has 7 nitrogen and oxygen atoms in total. The summed E-state index contributed by atoms with van der Waals surface area (Å²) in [6.07, 6.45) is 0. The summed E-state index contributed by atoms with van der Waals surface area (Å²) in [5.41, 5.74) is 1.44. The molecule has 2 rings (SSSR count). The van der Waals surface area contributed by atoms with Gasteiger partial charge in [-0.15, -0.1) is 0 Å². The molecule has 0 atom stereocenters. The Morgan fingerprint density at radius 3 is 2.24 bits per heavy atom. The number of hydrogen-bond donors (Lipinski definition) is 1. The van der Waals surface area contributed by atoms with Gasteiger partial charge in [0.25, 0.3) is 5.91 Å². The van der Waals surface area contributed by atoms with Gasteiger partial charge in [0.15, 0.2) is 0 Å². The van der Waals surface area contributed by atoms with E-state index in [2.05, 4.69) is 5.16 Å². The maximum Gasteiger partial charge on any atom is 0.263 e. The fourth-order valence-corrected chi connectivity index (χ4v) is 2.45. The lowest BCUT2D eigenvalue weighted by Crippen LogP contribution is -2.27. The van der Waals surface area contributed by atoms with Crippen LogP contribution < -0.4 is 10.0 Å². The van der Waals surface area contributed by atoms with Gasteiger partial charge in [0.1, 0.15) is 11.3 Å². The van der Waals surface area contributed by atoms with E-state index in [1.54, 1.807) is 20.9 Å². The minimum absolute atomic E-state index is 0.00978. The number of carbonyl (C=O) groups excluding carboxylic acids is 1. The van der Waals surface area contributed by atoms with Gasteiger partial charge in [-0.1, -0.05) is 5.16 Å². The van der Waals surface area contributed by atoms with Crippen molar-refractivity contribution in [2.24, 2.45) is 5.14 Å². The summed E-state index contributed by atoms with van der Waals surface area (Å²) < 4.78 is 27.4. The van der Waals surface area contributed by atoms with Gasteiger partial charge < -0.3 is 9.42 Å². The van der Waals surface area contributed by atoms with E-state index in [-0.39, 0.29) is 10.8 Å². The number of aryl methyl sites for hydroxylation is 2. The van der Waals surface area contributed by atoms with Crippen LogP contribution in [-0.4, -0.2) is 26.5 Å². The summed E-state index contributed by atoms with van der Waals surface area (Å²) in [5.74, 6) is 0.153. The standard InChI is InChI=1S/C13H15N3O4S/c1-8-12(9(2)20-15-8)13(17)16(3)10-4-6-11(7-5-10)21(14,18)19/h4-7H,1-3H3,(H2,14,18,19). The van der Waals surface area contributed by atoms with Gasteiger partial charge in [0, 0.05) is 12.7 Å². The van der Waals surface area contributed by atoms with Gasteiger partial charge in [-0.2, -0.15) is 0 Å². The van der Waals surface area contributed by atoms with Crippen molar-refractivity contribution in [2.75, 3.05) is 11.9 Å². The van der Waals surface area contributed by atoms with Crippen LogP contribution in [0.2, 0.25) is 0 Å². The van der Waals surface area contributed by atoms with Crippen LogP contribution in [0.15, 0.2) is 33.7 Å². The minimum Gasteiger partial charge on any atom is -0.361 e. The van der Waals surface area contributed by atoms with Gasteiger partial charge in [-0.25, -0.2) is 13.6 Å². The Morgan fingerprint density at radius 2 is 1.81 bits per heavy atom. The van der Waals surface area contributed by atoms with E-state index in [1.165, 1.54) is 29.2 Å². The highest BCUT2D eigenvalue weighted by atomic mass is 32.2. The monoisotopic (exact) mass is 309 g/mol. The second-order valence-corrected chi connectivity index (χ2v) is 6.16. The highest BCUT2D eigenvalue weighted by Gasteiger charge is 2.22. The number of benzene rings is 1. The molecule has 2 aromatic rings. The zero-order valence-electron chi connectivity index (χ0n) is 11.8. The molecule has 112 valence electrons. The Bertz CT molecular complexity index is 759. The van der Waals surface area contributed by atoms with E-state index in [4.69, 9.17) is 9.66 Å². The molecule has 0 saturated carbocycles. The maximum atomic E-state index is 12.4. The minimum atomic E-state index is -3.75. The molecule has 0 radical (unpaired) electrons. The molecule has 0 unspecified atom stereocenters. The van der Waals surface area contributed by atoms with Crippen LogP contribution in [0.3, 0.4) is 0 Å². The van der Waals surface area contributed by atoms with Crippen LogP contribution in [0.25, 0.3) is 0 Å². The van der Waals surface area contributed by atoms with Gasteiger partial charge >= 0.3 is 0 Å². The van der Waals surface area contributed by atoms with E-state index >= 15 is 0 Å². The van der Waals surface area contributed by atoms with Gasteiger partial charge in [0.05, 0.1) is 10.6 Å². The van der Waals surface area contributed by atoms with Gasteiger partial charge in [-0.3, -0.25) is 4.79 Å². The number of rotatable bonds is 3. The zero-order valence-corrected chi connectivity index (χ0v) is 12.6. The topological polar surface area (TPSA) is 106 Å². The first-order valence-corrected chi connectivity index (χ1v) is 7.60. The first-order valence-electron chi connectivity index (χ1n) is 6.05. The SMILES string of the molecule is Cc1noc(C)c1C(=O)N(C)c1ccc(S(N)(=O)=O)cc1. The molecule has 1 heterocycles. The van der Waals surface area contributed by atoms with E-state index < -0.39 is 10.0 Å². The molecule has 0 aliphatic rings. The predicted molar refractivity (Wildman–Crippen MR) is 76.5 cm³/mol. The average Bonchev–Trinajstić information content (AvgIpc) is 2.76. The summed E-state index contributed by atoms with van der Waals surface area (Å²) in [4.78, 5) is 13.8. The first kappa shape index (κ1) is 15.2. The predicted octanol–water partition coefficient (Wildman–Crippen LogP) is 1.22. The number of sulfonamides is 1. The summed E-state index contributed by atoms with van der Waals surface area (Å²) >= 11 is 0. The lowest BCUT2D eigenvalue weighted by Gasteiger charge is -2.17. The van der Waals surface area contributed by atoms with Gasteiger partial charge in [-0.05, 0) is 38.1 Å². The summed E-state index contributed by atoms with van der Waals surface area (Å²) in [7, 11) is -2.17. The van der Waals surface area contributed by atoms with Crippen molar-refractivity contribution in [3.05, 3.63) is 41.3 Å². The van der Waals surface area contributed by atoms with E-state index in [9.17, 15) is 13.2 Å². The summed E-state index contributed by atoms with van der Waals surface area (Å²) in [5, 5.41) is 8.77. The third-order valence-electron chi connectivity index (χ3n) is 3.10. The number of aromatic nitrogens is 1. The highest BCUT2D eigenvalue weighted by Crippen LogP contribution is 2.21. The Hall–Kier alpha value is -2.19. The largest absolute Gasteiger partial charge is 0.361 e. The number of nitrogens with zero attached hydrogens (tertiary/aromatic N) is 2. The van der Waals surface area contributed by atoms with Crippen molar-refractivity contribution in [1.82, 2.24) is 5.16 Å². The molecule has 0 spiro atoms. The molecule has 8 heteroatoms. The third-order valence-corrected chi connectivity index (χ3v) is 4.03. The number of carbonyl (C=O) groups is 1. The molecule has 21 heavy (non-hydrogen) atoms. The fraction of sp³-hybridized carbons (Fsp3) is 0.231. The van der Waals surface area contributed by atoms with Crippen LogP contribution in [0, 0.1) is 13.8 Å². The Labute approximate surface area is 122 Å². The first-order chi connectivity index (χ1) is 9.71. The van der Waals surface area contributed by atoms with Crippen LogP contribution in [-0.2, 0) is 10.0 Å². The number of primary sulfonamides is 1. The molecule has 1 aromatic carbocycles. The van der Waals surface area contributed by atoms with Crippen LogP contribution in [0.1, 0.15) is 21.8 Å². The van der Waals surface area contributed by atoms with Crippen molar-refractivity contribution >= 4 is 21.6 Å². The molecule has 0 aliphatic heterocycles. The van der Waals surface area contributed by atoms with Crippen LogP contribution in [0.5, 0.6) is 0 Å². The maximum absolute atomic E-state index is 12.4. The second-order valence-electron chi connectivity index (χ2n) is 4.60. The molecule has 1 aromatic heterocycles. The molecule has 0 fully saturated rings. The number of anilines is 1. The van der Waals surface area contributed by atoms with Crippen LogP contribution in [0.4, 0.5) is 5.69 Å². The Morgan fingerprint density at radius 1 is 1.24 bits per heavy atom. The third kappa shape index (κ3) is 2.96. The lowest BCUT2D eigenvalue weighted by atomic mass is 10.1. The van der Waals surface area contributed by atoms with Crippen molar-refractivity contribution in [2.45, 2.75) is 18.7 Å². The van der Waals surface area contributed by atoms with E-state index in [0.29, 0.717) is 22.7 Å². The normalized spacial score (nSPS) is 11.4. The van der Waals surface area contributed by atoms with Crippen LogP contribution >= 0.6 is 0 Å². The summed E-state index contributed by atoms with van der Waals surface area (Å²) in [6, 6.07) is 5.72. The Kier molecular flexibility index (Phi) is 3.84. The molecule has 0 aliphatic carbocycles. The molecule has 2 N–H and O–H groups in total. The van der Waals surface area contributed by atoms with Crippen molar-refractivity contribution < 1.29 is 17.7 Å². The van der Waals surface area contributed by atoms with Crippen molar-refractivity contribution in [3.8, 4) is 0 Å². The fourth-order valence-electron chi connectivity index (χ4n) is 1.93. The molecular weight excluding hydrogens is 294 g/mol. The lowest BCUT2D eigenvalue weighted by molar-refractivity contribution is 0.0991. The van der Waals surface area contributed by atoms with E-state index in [0.717, 1.165) is 0 Å². The smallest absolute Gasteiger partial charge is 0.263 e. The van der Waals surface area contributed by atoms with Crippen molar-refractivity contribution in [3.63, 3.8) is 0 Å². The Balaban J connectivity index is 2.32. The van der Waals surface area contributed by atoms with Gasteiger partial charge in [0.2, 0.25) is 10.0 Å². The van der Waals surface area contributed by atoms with E-state index in [1.807, 2.05) is 0 Å².